The molecule has 1 N–H and O–H groups in total. The van der Waals surface area contributed by atoms with E-state index in [0.29, 0.717) is 30.9 Å². The number of nitrogens with zero attached hydrogens (tertiary/aromatic N) is 1. The van der Waals surface area contributed by atoms with Crippen molar-refractivity contribution in [1.29, 1.82) is 0 Å². The normalized spacial score (nSPS) is 18.9. The number of hydrogen-bond acceptors (Lipinski definition) is 6. The summed E-state index contributed by atoms with van der Waals surface area (Å²) in [6.07, 6.45) is 0.602. The molecule has 1 saturated heterocycles. The van der Waals surface area contributed by atoms with Gasteiger partial charge < -0.3 is 19.5 Å². The second-order valence-corrected chi connectivity index (χ2v) is 7.07. The standard InChI is InChI=1S/C20H21NO5S/c1-25-10-5-9-21-17(15-8-4-11-27-15)16(19(23)20(21)24)18(22)13-6-3-7-14(12-13)26-2/h3-4,6-8,11-12,17,22H,5,9-10H2,1-2H3/t17-/m1/s1. The maximum atomic E-state index is 12.8. The monoisotopic (exact) mass is 387 g/mol. The molecule has 0 radical (unpaired) electrons. The molecule has 0 unspecified atom stereocenters. The van der Waals surface area contributed by atoms with Crippen LogP contribution in [0.15, 0.2) is 47.4 Å². The molecule has 1 aromatic heterocycles. The molecule has 1 amide bonds. The lowest BCUT2D eigenvalue weighted by atomic mass is 9.99. The molecule has 1 aliphatic rings. The van der Waals surface area contributed by atoms with Crippen LogP contribution in [0, 0.1) is 0 Å². The Labute approximate surface area is 161 Å². The Morgan fingerprint density at radius 2 is 2.04 bits per heavy atom. The fourth-order valence-electron chi connectivity index (χ4n) is 3.16. The molecule has 2 aromatic rings. The van der Waals surface area contributed by atoms with Crippen LogP contribution in [0.1, 0.15) is 22.9 Å². The van der Waals surface area contributed by atoms with Gasteiger partial charge in [-0.05, 0) is 30.0 Å². The smallest absolute Gasteiger partial charge is 0.295 e. The van der Waals surface area contributed by atoms with E-state index in [4.69, 9.17) is 9.47 Å². The largest absolute Gasteiger partial charge is 0.507 e. The van der Waals surface area contributed by atoms with E-state index in [9.17, 15) is 14.7 Å². The third kappa shape index (κ3) is 3.74. The van der Waals surface area contributed by atoms with Crippen molar-refractivity contribution in [1.82, 2.24) is 4.90 Å². The molecule has 0 bridgehead atoms. The van der Waals surface area contributed by atoms with Gasteiger partial charge in [0, 0.05) is 30.7 Å². The topological polar surface area (TPSA) is 76.1 Å². The number of Topliss-reactive ketones (excluding diaryl/α,β-unsaturated/α-hetero) is 1. The molecule has 6 nitrogen and oxygen atoms in total. The van der Waals surface area contributed by atoms with Gasteiger partial charge in [0.1, 0.15) is 11.5 Å². The molecule has 3 rings (SSSR count). The summed E-state index contributed by atoms with van der Waals surface area (Å²) in [5, 5.41) is 12.8. The minimum atomic E-state index is -0.675. The summed E-state index contributed by atoms with van der Waals surface area (Å²) in [5.74, 6) is -0.916. The number of methoxy groups -OCH3 is 2. The van der Waals surface area contributed by atoms with Crippen LogP contribution in [0.4, 0.5) is 0 Å². The Morgan fingerprint density at radius 1 is 1.22 bits per heavy atom. The first kappa shape index (κ1) is 19.1. The van der Waals surface area contributed by atoms with Crippen LogP contribution >= 0.6 is 11.3 Å². The van der Waals surface area contributed by atoms with Crippen molar-refractivity contribution in [3.63, 3.8) is 0 Å². The van der Waals surface area contributed by atoms with Crippen molar-refractivity contribution < 1.29 is 24.2 Å². The number of benzene rings is 1. The number of carbonyl (C=O) groups excluding carboxylic acids is 2. The average Bonchev–Trinajstić information content (AvgIpc) is 3.30. The van der Waals surface area contributed by atoms with E-state index in [2.05, 4.69) is 0 Å². The highest BCUT2D eigenvalue weighted by Gasteiger charge is 2.46. The van der Waals surface area contributed by atoms with Crippen molar-refractivity contribution in [3.8, 4) is 5.75 Å². The van der Waals surface area contributed by atoms with Gasteiger partial charge >= 0.3 is 0 Å². The van der Waals surface area contributed by atoms with E-state index in [1.54, 1.807) is 31.4 Å². The van der Waals surface area contributed by atoms with Gasteiger partial charge in [0.15, 0.2) is 0 Å². The summed E-state index contributed by atoms with van der Waals surface area (Å²) < 4.78 is 10.3. The van der Waals surface area contributed by atoms with Crippen LogP contribution < -0.4 is 4.74 Å². The van der Waals surface area contributed by atoms with E-state index in [1.807, 2.05) is 17.5 Å². The molecule has 7 heteroatoms. The van der Waals surface area contributed by atoms with Crippen molar-refractivity contribution in [2.24, 2.45) is 0 Å². The van der Waals surface area contributed by atoms with Crippen molar-refractivity contribution in [2.45, 2.75) is 12.5 Å². The zero-order valence-corrected chi connectivity index (χ0v) is 16.0. The molecule has 1 aliphatic heterocycles. The van der Waals surface area contributed by atoms with Gasteiger partial charge in [-0.25, -0.2) is 0 Å². The van der Waals surface area contributed by atoms with Crippen molar-refractivity contribution in [2.75, 3.05) is 27.4 Å². The molecule has 1 fully saturated rings. The van der Waals surface area contributed by atoms with Crippen LogP contribution in [0.2, 0.25) is 0 Å². The molecule has 142 valence electrons. The summed E-state index contributed by atoms with van der Waals surface area (Å²) in [4.78, 5) is 27.7. The van der Waals surface area contributed by atoms with Crippen molar-refractivity contribution in [3.05, 3.63) is 57.8 Å². The Morgan fingerprint density at radius 3 is 2.70 bits per heavy atom. The molecule has 0 aliphatic carbocycles. The molecular formula is C20H21NO5S. The number of ether oxygens (including phenoxy) is 2. The number of ketones is 1. The predicted molar refractivity (Wildman–Crippen MR) is 103 cm³/mol. The van der Waals surface area contributed by atoms with Gasteiger partial charge in [-0.15, -0.1) is 11.3 Å². The average molecular weight is 387 g/mol. The minimum absolute atomic E-state index is 0.105. The highest BCUT2D eigenvalue weighted by atomic mass is 32.1. The SMILES string of the molecule is COCCCN1C(=O)C(=O)C(=C(O)c2cccc(OC)c2)[C@H]1c1cccs1. The fourth-order valence-corrected chi connectivity index (χ4v) is 4.00. The number of amides is 1. The molecule has 1 aromatic carbocycles. The lowest BCUT2D eigenvalue weighted by Crippen LogP contribution is -2.31. The van der Waals surface area contributed by atoms with Crippen LogP contribution in [-0.2, 0) is 14.3 Å². The number of aliphatic hydroxyl groups excluding tert-OH is 1. The first-order chi connectivity index (χ1) is 13.1. The van der Waals surface area contributed by atoms with E-state index in [1.165, 1.54) is 23.3 Å². The first-order valence-electron chi connectivity index (χ1n) is 8.53. The number of thiophene rings is 1. The minimum Gasteiger partial charge on any atom is -0.507 e. The van der Waals surface area contributed by atoms with Gasteiger partial charge in [-0.1, -0.05) is 18.2 Å². The highest BCUT2D eigenvalue weighted by Crippen LogP contribution is 2.41. The van der Waals surface area contributed by atoms with Crippen molar-refractivity contribution >= 4 is 28.8 Å². The second kappa shape index (κ2) is 8.37. The third-order valence-corrected chi connectivity index (χ3v) is 5.37. The summed E-state index contributed by atoms with van der Waals surface area (Å²) in [6, 6.07) is 9.91. The molecule has 2 heterocycles. The molecule has 0 saturated carbocycles. The van der Waals surface area contributed by atoms with E-state index in [-0.39, 0.29) is 11.3 Å². The lowest BCUT2D eigenvalue weighted by Gasteiger charge is -2.24. The molecule has 0 spiro atoms. The van der Waals surface area contributed by atoms with Crippen LogP contribution in [0.25, 0.3) is 5.76 Å². The number of aliphatic hydroxyl groups is 1. The fraction of sp³-hybridized carbons (Fsp3) is 0.300. The predicted octanol–water partition coefficient (Wildman–Crippen LogP) is 3.21. The number of rotatable bonds is 7. The van der Waals surface area contributed by atoms with E-state index in [0.717, 1.165) is 4.88 Å². The summed E-state index contributed by atoms with van der Waals surface area (Å²) in [7, 11) is 3.12. The Kier molecular flexibility index (Phi) is 5.93. The lowest BCUT2D eigenvalue weighted by molar-refractivity contribution is -0.140. The van der Waals surface area contributed by atoms with Gasteiger partial charge in [0.25, 0.3) is 11.7 Å². The Hall–Kier alpha value is -2.64. The quantitative estimate of drug-likeness (QED) is 0.342. The van der Waals surface area contributed by atoms with Gasteiger partial charge in [0.2, 0.25) is 0 Å². The van der Waals surface area contributed by atoms with Crippen LogP contribution in [-0.4, -0.2) is 49.1 Å². The second-order valence-electron chi connectivity index (χ2n) is 6.09. The van der Waals surface area contributed by atoms with Gasteiger partial charge in [-0.3, -0.25) is 9.59 Å². The third-order valence-electron chi connectivity index (χ3n) is 4.44. The van der Waals surface area contributed by atoms with Crippen LogP contribution in [0.5, 0.6) is 5.75 Å². The highest BCUT2D eigenvalue weighted by molar-refractivity contribution is 7.10. The molecule has 1 atom stereocenters. The van der Waals surface area contributed by atoms with E-state index < -0.39 is 17.7 Å². The number of likely N-dealkylation sites (tertiary alicyclic amines) is 1. The van der Waals surface area contributed by atoms with Gasteiger partial charge in [0.05, 0.1) is 18.7 Å². The number of carbonyl (C=O) groups is 2. The summed E-state index contributed by atoms with van der Waals surface area (Å²) in [5.41, 5.74) is 0.541. The molecule has 27 heavy (non-hydrogen) atoms. The first-order valence-corrected chi connectivity index (χ1v) is 9.41. The molecular weight excluding hydrogens is 366 g/mol. The van der Waals surface area contributed by atoms with Crippen LogP contribution in [0.3, 0.4) is 0 Å². The maximum Gasteiger partial charge on any atom is 0.295 e. The maximum absolute atomic E-state index is 12.8. The summed E-state index contributed by atoms with van der Waals surface area (Å²) >= 11 is 1.44. The Bertz CT molecular complexity index is 859. The van der Waals surface area contributed by atoms with E-state index >= 15 is 0 Å². The summed E-state index contributed by atoms with van der Waals surface area (Å²) in [6.45, 7) is 0.853. The Balaban J connectivity index is 2.08. The van der Waals surface area contributed by atoms with Gasteiger partial charge in [-0.2, -0.15) is 0 Å². The zero-order valence-electron chi connectivity index (χ0n) is 15.2. The zero-order chi connectivity index (χ0) is 19.4. The number of hydrogen-bond donors (Lipinski definition) is 1.